The molecule has 6 rings (SSSR count). The number of hydrogen-bond acceptors (Lipinski definition) is 7. The summed E-state index contributed by atoms with van der Waals surface area (Å²) in [7, 11) is 0. The van der Waals surface area contributed by atoms with Gasteiger partial charge in [0, 0.05) is 56.2 Å². The smallest absolute Gasteiger partial charge is 0.148 e. The highest BCUT2D eigenvalue weighted by Crippen LogP contribution is 2.30. The molecule has 192 valence electrons. The van der Waals surface area contributed by atoms with E-state index in [1.54, 1.807) is 0 Å². The molecule has 8 nitrogen and oxygen atoms in total. The normalized spacial score (nSPS) is 17.1. The van der Waals surface area contributed by atoms with Gasteiger partial charge in [0.25, 0.3) is 0 Å². The minimum atomic E-state index is -0.618. The molecule has 10 heteroatoms. The first-order chi connectivity index (χ1) is 18.0. The number of halogens is 2. The van der Waals surface area contributed by atoms with E-state index in [0.717, 1.165) is 73.3 Å². The van der Waals surface area contributed by atoms with Crippen molar-refractivity contribution >= 4 is 22.5 Å². The zero-order valence-corrected chi connectivity index (χ0v) is 20.7. The molecule has 0 aliphatic carbocycles. The number of morpholine rings is 1. The van der Waals surface area contributed by atoms with Crippen molar-refractivity contribution in [1.29, 1.82) is 0 Å². The molecular weight excluding hydrogens is 476 g/mol. The molecule has 0 amide bonds. The monoisotopic (exact) mass is 505 g/mol. The molecule has 1 saturated heterocycles. The Labute approximate surface area is 213 Å². The van der Waals surface area contributed by atoms with Gasteiger partial charge < -0.3 is 15.0 Å². The van der Waals surface area contributed by atoms with Crippen LogP contribution in [-0.2, 0) is 24.4 Å². The summed E-state index contributed by atoms with van der Waals surface area (Å²) in [6, 6.07) is 9.49. The number of nitrogens with zero attached hydrogens (tertiary/aromatic N) is 6. The summed E-state index contributed by atoms with van der Waals surface area (Å²) in [5.74, 6) is -0.433. The summed E-state index contributed by atoms with van der Waals surface area (Å²) in [4.78, 5) is 14.4. The Morgan fingerprint density at radius 2 is 1.84 bits per heavy atom. The van der Waals surface area contributed by atoms with E-state index in [2.05, 4.69) is 38.4 Å². The van der Waals surface area contributed by atoms with Crippen molar-refractivity contribution in [3.05, 3.63) is 77.2 Å². The van der Waals surface area contributed by atoms with Gasteiger partial charge in [0.2, 0.25) is 0 Å². The third kappa shape index (κ3) is 5.12. The van der Waals surface area contributed by atoms with Crippen LogP contribution in [0, 0.1) is 11.6 Å². The van der Waals surface area contributed by atoms with Gasteiger partial charge in [-0.15, -0.1) is 0 Å². The van der Waals surface area contributed by atoms with E-state index >= 15 is 0 Å². The van der Waals surface area contributed by atoms with E-state index in [0.29, 0.717) is 18.9 Å². The van der Waals surface area contributed by atoms with Crippen LogP contribution in [0.5, 0.6) is 0 Å². The summed E-state index contributed by atoms with van der Waals surface area (Å²) < 4.78 is 35.3. The van der Waals surface area contributed by atoms with Gasteiger partial charge in [0.15, 0.2) is 0 Å². The van der Waals surface area contributed by atoms with E-state index in [4.69, 9.17) is 14.7 Å². The lowest BCUT2D eigenvalue weighted by Gasteiger charge is -2.29. The lowest BCUT2D eigenvalue weighted by Crippen LogP contribution is -2.36. The highest BCUT2D eigenvalue weighted by atomic mass is 19.1. The maximum atomic E-state index is 13.9. The van der Waals surface area contributed by atoms with Crippen molar-refractivity contribution in [2.75, 3.05) is 43.1 Å². The minimum absolute atomic E-state index is 0.263. The van der Waals surface area contributed by atoms with Crippen molar-refractivity contribution in [3.8, 4) is 0 Å². The number of benzene rings is 2. The number of nitrogens with one attached hydrogen (secondary N) is 1. The van der Waals surface area contributed by atoms with Gasteiger partial charge >= 0.3 is 0 Å². The molecule has 0 spiro atoms. The molecule has 37 heavy (non-hydrogen) atoms. The second kappa shape index (κ2) is 10.0. The molecule has 4 aromatic rings. The number of rotatable bonds is 6. The summed E-state index contributed by atoms with van der Waals surface area (Å²) >= 11 is 0. The van der Waals surface area contributed by atoms with Gasteiger partial charge in [-0.1, -0.05) is 6.07 Å². The van der Waals surface area contributed by atoms with Crippen LogP contribution in [0.2, 0.25) is 0 Å². The van der Waals surface area contributed by atoms with Gasteiger partial charge in [-0.05, 0) is 36.8 Å². The second-order valence-corrected chi connectivity index (χ2v) is 9.66. The molecule has 2 aromatic heterocycles. The van der Waals surface area contributed by atoms with E-state index in [9.17, 15) is 8.78 Å². The Morgan fingerprint density at radius 3 is 2.65 bits per heavy atom. The van der Waals surface area contributed by atoms with Crippen molar-refractivity contribution < 1.29 is 13.5 Å². The van der Waals surface area contributed by atoms with E-state index in [-0.39, 0.29) is 6.04 Å². The van der Waals surface area contributed by atoms with Crippen molar-refractivity contribution in [3.63, 3.8) is 0 Å². The molecule has 2 aliphatic heterocycles. The number of aromatic nitrogens is 4. The average Bonchev–Trinajstić information content (AvgIpc) is 3.36. The zero-order chi connectivity index (χ0) is 25.4. The predicted molar refractivity (Wildman–Crippen MR) is 137 cm³/mol. The van der Waals surface area contributed by atoms with Crippen LogP contribution < -0.4 is 10.2 Å². The molecule has 2 aromatic carbocycles. The highest BCUT2D eigenvalue weighted by Gasteiger charge is 2.21. The Balaban J connectivity index is 1.35. The Hall–Kier alpha value is -3.63. The Kier molecular flexibility index (Phi) is 6.43. The van der Waals surface area contributed by atoms with E-state index in [1.807, 2.05) is 24.0 Å². The molecule has 1 N–H and O–H groups in total. The summed E-state index contributed by atoms with van der Waals surface area (Å²) in [5.41, 5.74) is 5.20. The molecule has 2 aliphatic rings. The van der Waals surface area contributed by atoms with Gasteiger partial charge in [-0.3, -0.25) is 14.6 Å². The van der Waals surface area contributed by atoms with Crippen LogP contribution in [0.15, 0.2) is 48.8 Å². The molecule has 1 atom stereocenters. The van der Waals surface area contributed by atoms with Crippen LogP contribution in [0.1, 0.15) is 29.8 Å². The SMILES string of the molecule is CC(Nc1cc(F)cc(F)c1)c1cc(CN2CCn3nccc3C2)cc2ncc(N3CCOCC3)nc12. The van der Waals surface area contributed by atoms with Crippen LogP contribution in [-0.4, -0.2) is 57.5 Å². The van der Waals surface area contributed by atoms with Gasteiger partial charge in [-0.2, -0.15) is 5.10 Å². The van der Waals surface area contributed by atoms with Crippen molar-refractivity contribution in [2.45, 2.75) is 32.6 Å². The number of ether oxygens (including phenoxy) is 1. The first kappa shape index (κ1) is 23.7. The second-order valence-electron chi connectivity index (χ2n) is 9.66. The fourth-order valence-electron chi connectivity index (χ4n) is 5.16. The zero-order valence-electron chi connectivity index (χ0n) is 20.7. The fraction of sp³-hybridized carbons (Fsp3) is 0.370. The lowest BCUT2D eigenvalue weighted by molar-refractivity contribution is 0.122. The quantitative estimate of drug-likeness (QED) is 0.423. The van der Waals surface area contributed by atoms with Gasteiger partial charge in [-0.25, -0.2) is 13.8 Å². The summed E-state index contributed by atoms with van der Waals surface area (Å²) in [6.07, 6.45) is 3.66. The molecule has 1 unspecified atom stereocenters. The highest BCUT2D eigenvalue weighted by molar-refractivity contribution is 5.81. The summed E-state index contributed by atoms with van der Waals surface area (Å²) in [6.45, 7) is 8.14. The van der Waals surface area contributed by atoms with Gasteiger partial charge in [0.05, 0.1) is 48.7 Å². The fourth-order valence-corrected chi connectivity index (χ4v) is 5.16. The van der Waals surface area contributed by atoms with Crippen LogP contribution >= 0.6 is 0 Å². The van der Waals surface area contributed by atoms with Crippen molar-refractivity contribution in [1.82, 2.24) is 24.6 Å². The van der Waals surface area contributed by atoms with E-state index in [1.165, 1.54) is 17.8 Å². The molecule has 0 saturated carbocycles. The van der Waals surface area contributed by atoms with Crippen LogP contribution in [0.25, 0.3) is 11.0 Å². The Morgan fingerprint density at radius 1 is 1.03 bits per heavy atom. The maximum Gasteiger partial charge on any atom is 0.148 e. The van der Waals surface area contributed by atoms with Crippen LogP contribution in [0.3, 0.4) is 0 Å². The summed E-state index contributed by atoms with van der Waals surface area (Å²) in [5, 5.41) is 7.64. The largest absolute Gasteiger partial charge is 0.378 e. The average molecular weight is 506 g/mol. The minimum Gasteiger partial charge on any atom is -0.378 e. The third-order valence-corrected chi connectivity index (χ3v) is 7.00. The molecular formula is C27H29F2N7O. The molecule has 0 radical (unpaired) electrons. The Bertz CT molecular complexity index is 1400. The third-order valence-electron chi connectivity index (χ3n) is 7.00. The number of anilines is 2. The topological polar surface area (TPSA) is 71.3 Å². The maximum absolute atomic E-state index is 13.9. The number of fused-ring (bicyclic) bond motifs is 2. The lowest BCUT2D eigenvalue weighted by atomic mass is 10.0. The van der Waals surface area contributed by atoms with Crippen molar-refractivity contribution in [2.24, 2.45) is 0 Å². The predicted octanol–water partition coefficient (Wildman–Crippen LogP) is 4.13. The first-order valence-electron chi connectivity index (χ1n) is 12.6. The van der Waals surface area contributed by atoms with Crippen LogP contribution in [0.4, 0.5) is 20.3 Å². The molecule has 4 heterocycles. The number of hydrogen-bond donors (Lipinski definition) is 1. The molecule has 1 fully saturated rings. The standard InChI is InChI=1S/C27H29F2N7O/c1-18(32-22-13-20(28)12-21(29)14-22)24-10-19(16-34-4-5-36-23(17-34)2-3-31-36)11-25-27(24)33-26(15-30-25)35-6-8-37-9-7-35/h2-3,10-15,18,32H,4-9,16-17H2,1H3. The van der Waals surface area contributed by atoms with Gasteiger partial charge in [0.1, 0.15) is 17.5 Å². The molecule has 0 bridgehead atoms. The first-order valence-corrected chi connectivity index (χ1v) is 12.6. The van der Waals surface area contributed by atoms with E-state index < -0.39 is 11.6 Å².